The highest BCUT2D eigenvalue weighted by atomic mass is 14.2. The fraction of sp³-hybridized carbons (Fsp3) is 0.0714. The molecule has 0 aliphatic heterocycles. The molecule has 0 aromatic heterocycles. The Morgan fingerprint density at radius 1 is 0.857 bits per heavy atom. The van der Waals surface area contributed by atoms with E-state index in [0.717, 1.165) is 0 Å². The van der Waals surface area contributed by atoms with Crippen LogP contribution in [-0.4, -0.2) is 0 Å². The highest BCUT2D eigenvalue weighted by Crippen LogP contribution is 2.38. The molecule has 0 unspecified atom stereocenters. The third-order valence-corrected chi connectivity index (χ3v) is 2.75. The van der Waals surface area contributed by atoms with Crippen molar-refractivity contribution in [3.63, 3.8) is 0 Å². The molecule has 1 aliphatic carbocycles. The molecule has 2 radical (unpaired) electrons. The number of hydrogen-bond acceptors (Lipinski definition) is 0. The summed E-state index contributed by atoms with van der Waals surface area (Å²) in [5.74, 6) is 0. The van der Waals surface area contributed by atoms with Crippen LogP contribution < -0.4 is 0 Å². The Bertz CT molecular complexity index is 495. The van der Waals surface area contributed by atoms with E-state index in [2.05, 4.69) is 55.8 Å². The van der Waals surface area contributed by atoms with Gasteiger partial charge >= 0.3 is 0 Å². The minimum absolute atomic E-state index is 1.22. The molecular weight excluding hydrogens is 168 g/mol. The molecule has 0 heterocycles. The highest BCUT2D eigenvalue weighted by Gasteiger charge is 2.19. The van der Waals surface area contributed by atoms with Crippen molar-refractivity contribution in [1.29, 1.82) is 0 Å². The summed E-state index contributed by atoms with van der Waals surface area (Å²) in [6.45, 7) is 2.14. The van der Waals surface area contributed by atoms with Gasteiger partial charge in [-0.3, -0.25) is 0 Å². The molecule has 0 bridgehead atoms. The maximum atomic E-state index is 3.45. The van der Waals surface area contributed by atoms with Crippen molar-refractivity contribution in [2.24, 2.45) is 0 Å². The zero-order chi connectivity index (χ0) is 9.54. The summed E-state index contributed by atoms with van der Waals surface area (Å²) in [6.07, 6.45) is 3.45. The molecule has 0 atom stereocenters. The molecule has 0 saturated carbocycles. The van der Waals surface area contributed by atoms with E-state index >= 15 is 0 Å². The van der Waals surface area contributed by atoms with Crippen LogP contribution in [0.25, 0.3) is 11.1 Å². The van der Waals surface area contributed by atoms with Gasteiger partial charge in [-0.25, -0.2) is 0 Å². The topological polar surface area (TPSA) is 0 Å². The molecule has 0 spiro atoms. The van der Waals surface area contributed by atoms with E-state index in [0.29, 0.717) is 0 Å². The van der Waals surface area contributed by atoms with Crippen LogP contribution in [0.2, 0.25) is 0 Å². The van der Waals surface area contributed by atoms with Crippen molar-refractivity contribution in [3.05, 3.63) is 65.6 Å². The first-order valence-electron chi connectivity index (χ1n) is 4.82. The summed E-state index contributed by atoms with van der Waals surface area (Å²) >= 11 is 0. The first-order chi connectivity index (χ1) is 6.86. The first-order valence-corrected chi connectivity index (χ1v) is 4.82. The van der Waals surface area contributed by atoms with E-state index in [1.807, 2.05) is 0 Å². The maximum absolute atomic E-state index is 3.45. The van der Waals surface area contributed by atoms with Gasteiger partial charge < -0.3 is 0 Å². The van der Waals surface area contributed by atoms with Gasteiger partial charge in [0.1, 0.15) is 0 Å². The molecule has 0 heteroatoms. The Hall–Kier alpha value is -1.56. The summed E-state index contributed by atoms with van der Waals surface area (Å²) in [7, 11) is 0. The van der Waals surface area contributed by atoms with Crippen LogP contribution in [-0.2, 0) is 0 Å². The second-order valence-electron chi connectivity index (χ2n) is 3.67. The van der Waals surface area contributed by atoms with E-state index in [1.54, 1.807) is 0 Å². The molecule has 0 nitrogen and oxygen atoms in total. The van der Waals surface area contributed by atoms with Crippen LogP contribution in [0.3, 0.4) is 0 Å². The number of aryl methyl sites for hydroxylation is 1. The van der Waals surface area contributed by atoms with Crippen LogP contribution in [0.15, 0.2) is 42.5 Å². The fourth-order valence-electron chi connectivity index (χ4n) is 2.02. The van der Waals surface area contributed by atoms with Gasteiger partial charge in [0.2, 0.25) is 0 Å². The SMILES string of the molecule is Cc1cccc2c1[C]c1ccccc1-2. The van der Waals surface area contributed by atoms with Crippen LogP contribution in [0.1, 0.15) is 16.7 Å². The number of fused-ring (bicyclic) bond motifs is 3. The molecule has 0 fully saturated rings. The van der Waals surface area contributed by atoms with Crippen LogP contribution in [0.5, 0.6) is 0 Å². The predicted molar refractivity (Wildman–Crippen MR) is 58.1 cm³/mol. The quantitative estimate of drug-likeness (QED) is 0.494. The van der Waals surface area contributed by atoms with Gasteiger partial charge in [-0.2, -0.15) is 0 Å². The third-order valence-electron chi connectivity index (χ3n) is 2.75. The Kier molecular flexibility index (Phi) is 1.51. The van der Waals surface area contributed by atoms with E-state index < -0.39 is 0 Å². The lowest BCUT2D eigenvalue weighted by molar-refractivity contribution is 1.40. The zero-order valence-corrected chi connectivity index (χ0v) is 8.04. The van der Waals surface area contributed by atoms with Crippen molar-refractivity contribution in [2.75, 3.05) is 0 Å². The van der Waals surface area contributed by atoms with E-state index in [-0.39, 0.29) is 0 Å². The molecule has 66 valence electrons. The molecular formula is C14H10. The lowest BCUT2D eigenvalue weighted by Gasteiger charge is -2.01. The van der Waals surface area contributed by atoms with Gasteiger partial charge in [0.25, 0.3) is 0 Å². The van der Waals surface area contributed by atoms with Gasteiger partial charge in [0.15, 0.2) is 0 Å². The number of benzene rings is 2. The summed E-state index contributed by atoms with van der Waals surface area (Å²) in [5.41, 5.74) is 6.41. The molecule has 0 N–H and O–H groups in total. The summed E-state index contributed by atoms with van der Waals surface area (Å²) in [4.78, 5) is 0. The van der Waals surface area contributed by atoms with Crippen LogP contribution in [0.4, 0.5) is 0 Å². The molecule has 2 aromatic rings. The lowest BCUT2D eigenvalue weighted by Crippen LogP contribution is -1.82. The van der Waals surface area contributed by atoms with E-state index in [9.17, 15) is 0 Å². The average Bonchev–Trinajstić information content (AvgIpc) is 2.59. The average molecular weight is 178 g/mol. The Labute approximate surface area is 84.2 Å². The largest absolute Gasteiger partial charge is 0.0619 e. The van der Waals surface area contributed by atoms with E-state index in [1.165, 1.54) is 27.8 Å². The van der Waals surface area contributed by atoms with Crippen molar-refractivity contribution in [3.8, 4) is 11.1 Å². The lowest BCUT2D eigenvalue weighted by atomic mass is 10.0. The fourth-order valence-corrected chi connectivity index (χ4v) is 2.02. The summed E-state index contributed by atoms with van der Waals surface area (Å²) in [5, 5.41) is 0. The second-order valence-corrected chi connectivity index (χ2v) is 3.67. The van der Waals surface area contributed by atoms with Crippen LogP contribution in [0, 0.1) is 13.3 Å². The predicted octanol–water partition coefficient (Wildman–Crippen LogP) is 3.45. The Balaban J connectivity index is 2.33. The van der Waals surface area contributed by atoms with Crippen molar-refractivity contribution < 1.29 is 0 Å². The maximum Gasteiger partial charge on any atom is 0.0517 e. The molecule has 1 aliphatic rings. The van der Waals surface area contributed by atoms with E-state index in [4.69, 9.17) is 0 Å². The normalized spacial score (nSPS) is 12.4. The third kappa shape index (κ3) is 0.941. The van der Waals surface area contributed by atoms with Gasteiger partial charge in [-0.15, -0.1) is 0 Å². The van der Waals surface area contributed by atoms with Gasteiger partial charge in [0.05, 0.1) is 6.42 Å². The minimum atomic E-state index is 1.22. The molecule has 14 heavy (non-hydrogen) atoms. The number of rotatable bonds is 0. The Morgan fingerprint density at radius 2 is 1.64 bits per heavy atom. The Morgan fingerprint density at radius 3 is 2.57 bits per heavy atom. The zero-order valence-electron chi connectivity index (χ0n) is 8.04. The molecule has 3 rings (SSSR count). The first kappa shape index (κ1) is 7.81. The van der Waals surface area contributed by atoms with Gasteiger partial charge in [-0.1, -0.05) is 42.5 Å². The van der Waals surface area contributed by atoms with Crippen molar-refractivity contribution in [1.82, 2.24) is 0 Å². The van der Waals surface area contributed by atoms with Crippen LogP contribution >= 0.6 is 0 Å². The summed E-state index contributed by atoms with van der Waals surface area (Å²) < 4.78 is 0. The van der Waals surface area contributed by atoms with Gasteiger partial charge in [-0.05, 0) is 34.7 Å². The summed E-state index contributed by atoms with van der Waals surface area (Å²) in [6, 6.07) is 14.8. The smallest absolute Gasteiger partial charge is 0.0517 e. The highest BCUT2D eigenvalue weighted by molar-refractivity contribution is 5.82. The van der Waals surface area contributed by atoms with Crippen molar-refractivity contribution in [2.45, 2.75) is 6.92 Å². The van der Waals surface area contributed by atoms with Gasteiger partial charge in [0, 0.05) is 0 Å². The van der Waals surface area contributed by atoms with Crippen molar-refractivity contribution >= 4 is 0 Å². The standard InChI is InChI=1S/C14H10/c1-10-5-4-8-13-12-7-3-2-6-11(12)9-14(10)13/h2-8H,1H3. The molecule has 2 aromatic carbocycles. The molecule has 0 saturated heterocycles. The minimum Gasteiger partial charge on any atom is -0.0619 e. The second kappa shape index (κ2) is 2.71. The number of hydrogen-bond donors (Lipinski definition) is 0. The monoisotopic (exact) mass is 178 g/mol. The molecule has 0 amide bonds.